The Morgan fingerprint density at radius 1 is 1.31 bits per heavy atom. The smallest absolute Gasteiger partial charge is 0.318 e. The molecular weight excluding hydrogens is 200 g/mol. The number of hydrogen-bond donors (Lipinski definition) is 1. The summed E-state index contributed by atoms with van der Waals surface area (Å²) in [5, 5.41) is 3.00. The molecule has 1 atom stereocenters. The summed E-state index contributed by atoms with van der Waals surface area (Å²) in [6.45, 7) is 5.70. The van der Waals surface area contributed by atoms with Crippen LogP contribution in [0.1, 0.15) is 31.0 Å². The van der Waals surface area contributed by atoms with Crippen LogP contribution in [0.5, 0.6) is 0 Å². The van der Waals surface area contributed by atoms with Crippen LogP contribution in [0.2, 0.25) is 0 Å². The van der Waals surface area contributed by atoms with Gasteiger partial charge in [0.15, 0.2) is 0 Å². The highest BCUT2D eigenvalue weighted by molar-refractivity contribution is 5.77. The van der Waals surface area contributed by atoms with Crippen LogP contribution in [0.15, 0.2) is 24.3 Å². The summed E-state index contributed by atoms with van der Waals surface area (Å²) in [5.74, 6) is 0. The number of carbonyl (C=O) groups excluding carboxylic acids is 1. The average molecular weight is 218 g/mol. The number of nitrogens with zero attached hydrogens (tertiary/aromatic N) is 1. The third kappa shape index (κ3) is 2.03. The van der Waals surface area contributed by atoms with E-state index in [2.05, 4.69) is 36.5 Å². The van der Waals surface area contributed by atoms with Crippen molar-refractivity contribution in [3.05, 3.63) is 35.4 Å². The predicted octanol–water partition coefficient (Wildman–Crippen LogP) is 2.34. The van der Waals surface area contributed by atoms with Gasteiger partial charge in [0.2, 0.25) is 0 Å². The first-order valence-corrected chi connectivity index (χ1v) is 5.88. The molecule has 1 aromatic carbocycles. The van der Waals surface area contributed by atoms with Gasteiger partial charge in [-0.25, -0.2) is 4.79 Å². The van der Waals surface area contributed by atoms with E-state index in [-0.39, 0.29) is 12.1 Å². The van der Waals surface area contributed by atoms with E-state index in [9.17, 15) is 4.79 Å². The van der Waals surface area contributed by atoms with Crippen molar-refractivity contribution in [1.29, 1.82) is 0 Å². The van der Waals surface area contributed by atoms with Crippen molar-refractivity contribution in [1.82, 2.24) is 10.2 Å². The lowest BCUT2D eigenvalue weighted by molar-refractivity contribution is 0.219. The minimum atomic E-state index is 0.0482. The lowest BCUT2D eigenvalue weighted by Crippen LogP contribution is -2.27. The fourth-order valence-electron chi connectivity index (χ4n) is 2.04. The molecule has 1 fully saturated rings. The van der Waals surface area contributed by atoms with E-state index >= 15 is 0 Å². The molecule has 3 nitrogen and oxygen atoms in total. The highest BCUT2D eigenvalue weighted by Gasteiger charge is 2.28. The minimum absolute atomic E-state index is 0.0482. The average Bonchev–Trinajstić information content (AvgIpc) is 2.71. The zero-order chi connectivity index (χ0) is 11.5. The number of urea groups is 1. The number of carbonyl (C=O) groups is 1. The summed E-state index contributed by atoms with van der Waals surface area (Å²) < 4.78 is 0. The van der Waals surface area contributed by atoms with Crippen molar-refractivity contribution in [3.63, 3.8) is 0 Å². The van der Waals surface area contributed by atoms with Gasteiger partial charge in [-0.2, -0.15) is 0 Å². The number of likely N-dealkylation sites (N-methyl/N-ethyl adjacent to an activating group) is 1. The first-order valence-electron chi connectivity index (χ1n) is 5.88. The third-order valence-electron chi connectivity index (χ3n) is 3.16. The van der Waals surface area contributed by atoms with Gasteiger partial charge < -0.3 is 10.2 Å². The highest BCUT2D eigenvalue weighted by atomic mass is 16.2. The van der Waals surface area contributed by atoms with Gasteiger partial charge in [0.1, 0.15) is 0 Å². The molecule has 1 unspecified atom stereocenters. The Morgan fingerprint density at radius 3 is 2.50 bits per heavy atom. The molecule has 0 aromatic heterocycles. The van der Waals surface area contributed by atoms with Crippen LogP contribution in [0.3, 0.4) is 0 Å². The van der Waals surface area contributed by atoms with Gasteiger partial charge in [0.05, 0.1) is 6.04 Å². The van der Waals surface area contributed by atoms with Crippen molar-refractivity contribution < 1.29 is 4.79 Å². The second-order valence-corrected chi connectivity index (χ2v) is 4.14. The van der Waals surface area contributed by atoms with Gasteiger partial charge in [-0.05, 0) is 24.5 Å². The number of hydrogen-bond acceptors (Lipinski definition) is 1. The summed E-state index contributed by atoms with van der Waals surface area (Å²) in [4.78, 5) is 13.4. The van der Waals surface area contributed by atoms with Gasteiger partial charge in [-0.15, -0.1) is 0 Å². The molecule has 16 heavy (non-hydrogen) atoms. The Balaban J connectivity index is 2.11. The van der Waals surface area contributed by atoms with Crippen LogP contribution in [-0.2, 0) is 6.42 Å². The van der Waals surface area contributed by atoms with Gasteiger partial charge >= 0.3 is 6.03 Å². The molecule has 2 amide bonds. The Hall–Kier alpha value is -1.51. The molecule has 1 aliphatic heterocycles. The molecule has 86 valence electrons. The first kappa shape index (κ1) is 11.0. The summed E-state index contributed by atoms with van der Waals surface area (Å²) in [6, 6.07) is 8.70. The quantitative estimate of drug-likeness (QED) is 0.829. The van der Waals surface area contributed by atoms with Crippen molar-refractivity contribution in [3.8, 4) is 0 Å². The van der Waals surface area contributed by atoms with E-state index < -0.39 is 0 Å². The molecule has 0 aliphatic carbocycles. The topological polar surface area (TPSA) is 32.3 Å². The zero-order valence-corrected chi connectivity index (χ0v) is 9.86. The van der Waals surface area contributed by atoms with E-state index in [1.807, 2.05) is 11.8 Å². The maximum atomic E-state index is 11.5. The van der Waals surface area contributed by atoms with Crippen molar-refractivity contribution in [2.24, 2.45) is 0 Å². The fourth-order valence-corrected chi connectivity index (χ4v) is 2.04. The standard InChI is InChI=1S/C13H18N2O/c1-3-10-5-7-11(8-6-10)12-9-15(4-2)13(16)14-12/h5-8,12H,3-4,9H2,1-2H3,(H,14,16). The molecule has 0 saturated carbocycles. The predicted molar refractivity (Wildman–Crippen MR) is 64.3 cm³/mol. The normalized spacial score (nSPS) is 20.0. The second-order valence-electron chi connectivity index (χ2n) is 4.14. The summed E-state index contributed by atoms with van der Waals surface area (Å²) in [5.41, 5.74) is 2.53. The van der Waals surface area contributed by atoms with Crippen LogP contribution in [-0.4, -0.2) is 24.0 Å². The van der Waals surface area contributed by atoms with Gasteiger partial charge in [0.25, 0.3) is 0 Å². The number of nitrogens with one attached hydrogen (secondary N) is 1. The van der Waals surface area contributed by atoms with E-state index in [4.69, 9.17) is 0 Å². The van der Waals surface area contributed by atoms with E-state index in [1.54, 1.807) is 0 Å². The van der Waals surface area contributed by atoms with Crippen LogP contribution in [0, 0.1) is 0 Å². The summed E-state index contributed by atoms with van der Waals surface area (Å²) >= 11 is 0. The van der Waals surface area contributed by atoms with Crippen LogP contribution in [0.25, 0.3) is 0 Å². The molecule has 2 rings (SSSR count). The number of amides is 2. The molecule has 0 radical (unpaired) electrons. The largest absolute Gasteiger partial charge is 0.329 e. The Morgan fingerprint density at radius 2 is 2.00 bits per heavy atom. The van der Waals surface area contributed by atoms with E-state index in [1.165, 1.54) is 11.1 Å². The molecule has 1 saturated heterocycles. The van der Waals surface area contributed by atoms with Crippen LogP contribution >= 0.6 is 0 Å². The minimum Gasteiger partial charge on any atom is -0.329 e. The van der Waals surface area contributed by atoms with E-state index in [0.717, 1.165) is 19.5 Å². The van der Waals surface area contributed by atoms with E-state index in [0.29, 0.717) is 0 Å². The Bertz CT molecular complexity index is 372. The highest BCUT2D eigenvalue weighted by Crippen LogP contribution is 2.20. The number of benzene rings is 1. The molecular formula is C13H18N2O. The third-order valence-corrected chi connectivity index (χ3v) is 3.16. The summed E-state index contributed by atoms with van der Waals surface area (Å²) in [6.07, 6.45) is 1.05. The molecule has 0 spiro atoms. The Labute approximate surface area is 96.5 Å². The molecule has 1 N–H and O–H groups in total. The molecule has 3 heteroatoms. The lowest BCUT2D eigenvalue weighted by atomic mass is 10.0. The first-order chi connectivity index (χ1) is 7.74. The molecule has 1 heterocycles. The zero-order valence-electron chi connectivity index (χ0n) is 9.86. The van der Waals surface area contributed by atoms with Gasteiger partial charge in [-0.3, -0.25) is 0 Å². The maximum absolute atomic E-state index is 11.5. The fraction of sp³-hybridized carbons (Fsp3) is 0.462. The van der Waals surface area contributed by atoms with Crippen LogP contribution < -0.4 is 5.32 Å². The molecule has 0 bridgehead atoms. The lowest BCUT2D eigenvalue weighted by Gasteiger charge is -2.11. The molecule has 1 aliphatic rings. The monoisotopic (exact) mass is 218 g/mol. The van der Waals surface area contributed by atoms with Crippen LogP contribution in [0.4, 0.5) is 4.79 Å². The number of aryl methyl sites for hydroxylation is 1. The Kier molecular flexibility index (Phi) is 3.13. The van der Waals surface area contributed by atoms with Crippen molar-refractivity contribution >= 4 is 6.03 Å². The van der Waals surface area contributed by atoms with Gasteiger partial charge in [0, 0.05) is 13.1 Å². The summed E-state index contributed by atoms with van der Waals surface area (Å²) in [7, 11) is 0. The second kappa shape index (κ2) is 4.56. The maximum Gasteiger partial charge on any atom is 0.318 e. The van der Waals surface area contributed by atoms with Crippen molar-refractivity contribution in [2.75, 3.05) is 13.1 Å². The molecule has 1 aromatic rings. The SMILES string of the molecule is CCc1ccc(C2CN(CC)C(=O)N2)cc1. The van der Waals surface area contributed by atoms with Crippen molar-refractivity contribution in [2.45, 2.75) is 26.3 Å². The van der Waals surface area contributed by atoms with Gasteiger partial charge in [-0.1, -0.05) is 31.2 Å². The number of rotatable bonds is 3.